The summed E-state index contributed by atoms with van der Waals surface area (Å²) in [4.78, 5) is 24.9. The van der Waals surface area contributed by atoms with Crippen LogP contribution in [0.5, 0.6) is 0 Å². The summed E-state index contributed by atoms with van der Waals surface area (Å²) in [6, 6.07) is 13.3. The first-order valence-electron chi connectivity index (χ1n) is 10.3. The minimum Gasteiger partial charge on any atom is -0.307 e. The summed E-state index contributed by atoms with van der Waals surface area (Å²) in [6.45, 7) is 7.74. The zero-order valence-electron chi connectivity index (χ0n) is 18.4. The summed E-state index contributed by atoms with van der Waals surface area (Å²) < 4.78 is 16.3. The van der Waals surface area contributed by atoms with Crippen molar-refractivity contribution in [3.05, 3.63) is 87.2 Å². The predicted molar refractivity (Wildman–Crippen MR) is 121 cm³/mol. The van der Waals surface area contributed by atoms with Crippen molar-refractivity contribution in [2.24, 2.45) is 0 Å². The van der Waals surface area contributed by atoms with Crippen molar-refractivity contribution in [1.82, 2.24) is 20.0 Å². The molecule has 0 radical (unpaired) electrons. The van der Waals surface area contributed by atoms with Crippen molar-refractivity contribution in [3.8, 4) is 0 Å². The number of benzene rings is 2. The molecule has 7 nitrogen and oxygen atoms in total. The summed E-state index contributed by atoms with van der Waals surface area (Å²) >= 11 is 0. The van der Waals surface area contributed by atoms with Gasteiger partial charge in [-0.05, 0) is 51.5 Å². The van der Waals surface area contributed by atoms with E-state index in [0.717, 1.165) is 11.1 Å². The van der Waals surface area contributed by atoms with Gasteiger partial charge in [0.05, 0.1) is 27.9 Å². The van der Waals surface area contributed by atoms with Crippen LogP contribution in [0.2, 0.25) is 0 Å². The largest absolute Gasteiger partial charge is 0.307 e. The number of rotatable bonds is 4. The number of H-pyrrole nitrogens is 1. The molecule has 0 bridgehead atoms. The highest BCUT2D eigenvalue weighted by molar-refractivity contribution is 6.04. The number of fused-ring (bicyclic) bond motifs is 1. The average molecular weight is 433 g/mol. The van der Waals surface area contributed by atoms with Crippen molar-refractivity contribution in [2.75, 3.05) is 5.32 Å². The van der Waals surface area contributed by atoms with Crippen LogP contribution in [-0.2, 0) is 12.0 Å². The Kier molecular flexibility index (Phi) is 5.38. The lowest BCUT2D eigenvalue weighted by molar-refractivity contribution is 0.102. The number of anilines is 1. The van der Waals surface area contributed by atoms with Gasteiger partial charge in [-0.1, -0.05) is 24.3 Å². The molecule has 0 aliphatic rings. The first-order valence-corrected chi connectivity index (χ1v) is 10.3. The van der Waals surface area contributed by atoms with Crippen LogP contribution in [-0.4, -0.2) is 25.9 Å². The third-order valence-electron chi connectivity index (χ3n) is 5.13. The molecule has 0 fully saturated rings. The Morgan fingerprint density at radius 1 is 1.12 bits per heavy atom. The van der Waals surface area contributed by atoms with Crippen LogP contribution in [0.1, 0.15) is 48.1 Å². The number of carbonyl (C=O) groups is 1. The molecule has 0 spiro atoms. The van der Waals surface area contributed by atoms with Gasteiger partial charge in [0.25, 0.3) is 11.5 Å². The lowest BCUT2D eigenvalue weighted by Crippen LogP contribution is -2.27. The van der Waals surface area contributed by atoms with Crippen molar-refractivity contribution in [3.63, 3.8) is 0 Å². The highest BCUT2D eigenvalue weighted by Gasteiger charge is 2.22. The van der Waals surface area contributed by atoms with Crippen LogP contribution in [0, 0.1) is 12.7 Å². The van der Waals surface area contributed by atoms with Gasteiger partial charge in [0.15, 0.2) is 0 Å². The Morgan fingerprint density at radius 2 is 1.84 bits per heavy atom. The lowest BCUT2D eigenvalue weighted by Gasteiger charge is -2.22. The molecule has 0 aliphatic carbocycles. The number of carbonyl (C=O) groups excluding carboxylic acids is 1. The molecule has 164 valence electrons. The SMILES string of the molecule is Cc1cc(NC(=O)c2cc(Cc3n[nH]c(=O)c4ccccc34)ccc2F)n(C(C)(C)C)n1. The topological polar surface area (TPSA) is 92.7 Å². The van der Waals surface area contributed by atoms with Gasteiger partial charge >= 0.3 is 0 Å². The summed E-state index contributed by atoms with van der Waals surface area (Å²) in [6.07, 6.45) is 0.330. The van der Waals surface area contributed by atoms with Crippen LogP contribution in [0.3, 0.4) is 0 Å². The van der Waals surface area contributed by atoms with Crippen molar-refractivity contribution < 1.29 is 9.18 Å². The van der Waals surface area contributed by atoms with Gasteiger partial charge in [-0.15, -0.1) is 0 Å². The molecular weight excluding hydrogens is 409 g/mol. The molecule has 2 aromatic carbocycles. The third-order valence-corrected chi connectivity index (χ3v) is 5.13. The van der Waals surface area contributed by atoms with Gasteiger partial charge in [0.1, 0.15) is 11.6 Å². The third kappa shape index (κ3) is 4.16. The Balaban J connectivity index is 1.65. The van der Waals surface area contributed by atoms with Gasteiger partial charge < -0.3 is 5.32 Å². The van der Waals surface area contributed by atoms with Gasteiger partial charge in [-0.25, -0.2) is 14.2 Å². The molecule has 0 unspecified atom stereocenters. The summed E-state index contributed by atoms with van der Waals surface area (Å²) in [5.41, 5.74) is 1.39. The maximum absolute atomic E-state index is 14.6. The molecular formula is C24H24FN5O2. The molecule has 0 aliphatic heterocycles. The Hall–Kier alpha value is -3.81. The minimum atomic E-state index is -0.621. The smallest absolute Gasteiger partial charge is 0.272 e. The standard InChI is InChI=1S/C24H24FN5O2/c1-14-11-21(30(29-14)24(2,3)4)26-22(31)18-12-15(9-10-19(18)25)13-20-16-7-5-6-8-17(16)23(32)28-27-20/h5-12H,13H2,1-4H3,(H,26,31)(H,28,32). The van der Waals surface area contributed by atoms with Crippen LogP contribution in [0.25, 0.3) is 10.8 Å². The maximum Gasteiger partial charge on any atom is 0.272 e. The maximum atomic E-state index is 14.6. The van der Waals surface area contributed by atoms with E-state index in [9.17, 15) is 14.0 Å². The fraction of sp³-hybridized carbons (Fsp3) is 0.250. The molecule has 1 amide bonds. The van der Waals surface area contributed by atoms with E-state index in [-0.39, 0.29) is 16.7 Å². The van der Waals surface area contributed by atoms with E-state index >= 15 is 0 Å². The van der Waals surface area contributed by atoms with E-state index in [1.165, 1.54) is 12.1 Å². The molecule has 0 saturated carbocycles. The highest BCUT2D eigenvalue weighted by Crippen LogP contribution is 2.23. The van der Waals surface area contributed by atoms with Crippen molar-refractivity contribution in [2.45, 2.75) is 39.7 Å². The van der Waals surface area contributed by atoms with Gasteiger partial charge in [0.2, 0.25) is 0 Å². The fourth-order valence-electron chi connectivity index (χ4n) is 3.64. The van der Waals surface area contributed by atoms with E-state index in [2.05, 4.69) is 20.6 Å². The summed E-state index contributed by atoms with van der Waals surface area (Å²) in [5, 5.41) is 15.1. The summed E-state index contributed by atoms with van der Waals surface area (Å²) in [7, 11) is 0. The molecule has 2 N–H and O–H groups in total. The van der Waals surface area contributed by atoms with Crippen LogP contribution >= 0.6 is 0 Å². The predicted octanol–water partition coefficient (Wildman–Crippen LogP) is 4.17. The summed E-state index contributed by atoms with van der Waals surface area (Å²) in [5.74, 6) is -0.684. The monoisotopic (exact) mass is 433 g/mol. The van der Waals surface area contributed by atoms with Crippen molar-refractivity contribution in [1.29, 1.82) is 0 Å². The normalized spacial score (nSPS) is 11.7. The molecule has 32 heavy (non-hydrogen) atoms. The molecule has 2 heterocycles. The first-order chi connectivity index (χ1) is 15.1. The van der Waals surface area contributed by atoms with Crippen molar-refractivity contribution >= 4 is 22.5 Å². The van der Waals surface area contributed by atoms with E-state index in [1.807, 2.05) is 39.8 Å². The Morgan fingerprint density at radius 3 is 2.56 bits per heavy atom. The van der Waals surface area contributed by atoms with Gasteiger partial charge in [0, 0.05) is 17.9 Å². The molecule has 8 heteroatoms. The number of nitrogens with zero attached hydrogens (tertiary/aromatic N) is 3. The zero-order chi connectivity index (χ0) is 23.0. The number of aryl methyl sites for hydroxylation is 1. The molecule has 0 saturated heterocycles. The highest BCUT2D eigenvalue weighted by atomic mass is 19.1. The first kappa shape index (κ1) is 21.4. The number of halogens is 1. The Bertz CT molecular complexity index is 1380. The second-order valence-corrected chi connectivity index (χ2v) is 8.74. The number of nitrogens with one attached hydrogen (secondary N) is 2. The number of amides is 1. The number of hydrogen-bond acceptors (Lipinski definition) is 4. The van der Waals surface area contributed by atoms with E-state index in [1.54, 1.807) is 28.9 Å². The number of hydrogen-bond donors (Lipinski definition) is 2. The number of aromatic amines is 1. The van der Waals surface area contributed by atoms with Crippen LogP contribution in [0.4, 0.5) is 10.2 Å². The second kappa shape index (κ2) is 8.03. The molecule has 2 aromatic heterocycles. The number of aromatic nitrogens is 4. The fourth-order valence-corrected chi connectivity index (χ4v) is 3.64. The lowest BCUT2D eigenvalue weighted by atomic mass is 10.0. The van der Waals surface area contributed by atoms with E-state index in [0.29, 0.717) is 28.9 Å². The zero-order valence-corrected chi connectivity index (χ0v) is 18.4. The van der Waals surface area contributed by atoms with Crippen LogP contribution < -0.4 is 10.9 Å². The van der Waals surface area contributed by atoms with Crippen LogP contribution in [0.15, 0.2) is 53.3 Å². The quantitative estimate of drug-likeness (QED) is 0.505. The van der Waals surface area contributed by atoms with E-state index < -0.39 is 11.7 Å². The minimum absolute atomic E-state index is 0.0736. The second-order valence-electron chi connectivity index (χ2n) is 8.74. The average Bonchev–Trinajstić information content (AvgIpc) is 3.12. The Labute approximate surface area is 184 Å². The molecule has 0 atom stereocenters. The molecule has 4 rings (SSSR count). The van der Waals surface area contributed by atoms with Gasteiger partial charge in [-0.2, -0.15) is 10.2 Å². The van der Waals surface area contributed by atoms with E-state index in [4.69, 9.17) is 0 Å². The molecule has 4 aromatic rings. The van der Waals surface area contributed by atoms with Gasteiger partial charge in [-0.3, -0.25) is 9.59 Å².